The predicted molar refractivity (Wildman–Crippen MR) is 73.6 cm³/mol. The van der Waals surface area contributed by atoms with Crippen LogP contribution in [-0.4, -0.2) is 64.3 Å². The average Bonchev–Trinajstić information content (AvgIpc) is 2.33. The summed E-state index contributed by atoms with van der Waals surface area (Å²) in [4.78, 5) is 6.68. The lowest BCUT2D eigenvalue weighted by atomic mass is 10.5. The molecule has 0 bridgehead atoms. The summed E-state index contributed by atoms with van der Waals surface area (Å²) in [6, 6.07) is 0. The molecule has 0 aliphatic carbocycles. The van der Waals surface area contributed by atoms with E-state index in [4.69, 9.17) is 4.74 Å². The molecule has 0 aromatic carbocycles. The van der Waals surface area contributed by atoms with Gasteiger partial charge in [0, 0.05) is 39.8 Å². The van der Waals surface area contributed by atoms with Crippen LogP contribution in [0.4, 0.5) is 0 Å². The quantitative estimate of drug-likeness (QED) is 0.459. The van der Waals surface area contributed by atoms with Gasteiger partial charge < -0.3 is 20.3 Å². The van der Waals surface area contributed by atoms with Crippen LogP contribution in [0.1, 0.15) is 20.3 Å². The Hall–Kier alpha value is -0.810. The van der Waals surface area contributed by atoms with Gasteiger partial charge in [-0.2, -0.15) is 0 Å². The maximum absolute atomic E-state index is 5.03. The number of rotatable bonds is 9. The molecule has 5 heteroatoms. The van der Waals surface area contributed by atoms with Crippen molar-refractivity contribution in [3.05, 3.63) is 0 Å². The second-order valence-corrected chi connectivity index (χ2v) is 3.98. The lowest BCUT2D eigenvalue weighted by Crippen LogP contribution is -2.41. The van der Waals surface area contributed by atoms with Gasteiger partial charge in [-0.15, -0.1) is 0 Å². The Morgan fingerprint density at radius 2 is 2.00 bits per heavy atom. The lowest BCUT2D eigenvalue weighted by Gasteiger charge is -2.17. The number of nitrogens with one attached hydrogen (secondary N) is 2. The van der Waals surface area contributed by atoms with E-state index in [0.717, 1.165) is 51.7 Å². The molecule has 0 aromatic heterocycles. The zero-order valence-electron chi connectivity index (χ0n) is 11.8. The van der Waals surface area contributed by atoms with Crippen molar-refractivity contribution in [3.8, 4) is 0 Å². The molecule has 17 heavy (non-hydrogen) atoms. The van der Waals surface area contributed by atoms with Gasteiger partial charge in [-0.3, -0.25) is 4.99 Å². The van der Waals surface area contributed by atoms with Crippen molar-refractivity contribution in [2.24, 2.45) is 4.99 Å². The largest absolute Gasteiger partial charge is 0.383 e. The molecule has 0 radical (unpaired) electrons. The van der Waals surface area contributed by atoms with E-state index in [1.54, 1.807) is 7.11 Å². The van der Waals surface area contributed by atoms with Gasteiger partial charge in [0.25, 0.3) is 0 Å². The molecule has 0 atom stereocenters. The maximum atomic E-state index is 5.03. The van der Waals surface area contributed by atoms with E-state index in [0.29, 0.717) is 0 Å². The number of aliphatic imine (C=N–C) groups is 1. The van der Waals surface area contributed by atoms with Crippen LogP contribution in [0.5, 0.6) is 0 Å². The number of likely N-dealkylation sites (N-methyl/N-ethyl adjacent to an activating group) is 1. The van der Waals surface area contributed by atoms with Crippen molar-refractivity contribution in [2.45, 2.75) is 20.3 Å². The highest BCUT2D eigenvalue weighted by atomic mass is 16.5. The van der Waals surface area contributed by atoms with Crippen LogP contribution in [0.3, 0.4) is 0 Å². The molecule has 0 unspecified atom stereocenters. The molecule has 0 amide bonds. The summed E-state index contributed by atoms with van der Waals surface area (Å²) in [7, 11) is 3.82. The SMILES string of the molecule is CCCN=C(NCC)NCCN(C)CCOC. The van der Waals surface area contributed by atoms with Gasteiger partial charge >= 0.3 is 0 Å². The summed E-state index contributed by atoms with van der Waals surface area (Å²) in [6.45, 7) is 9.60. The first-order valence-electron chi connectivity index (χ1n) is 6.44. The second-order valence-electron chi connectivity index (χ2n) is 3.98. The zero-order valence-corrected chi connectivity index (χ0v) is 11.8. The third-order valence-electron chi connectivity index (χ3n) is 2.30. The van der Waals surface area contributed by atoms with Crippen LogP contribution in [0.25, 0.3) is 0 Å². The highest BCUT2D eigenvalue weighted by molar-refractivity contribution is 5.79. The summed E-state index contributed by atoms with van der Waals surface area (Å²) >= 11 is 0. The fourth-order valence-corrected chi connectivity index (χ4v) is 1.29. The fourth-order valence-electron chi connectivity index (χ4n) is 1.29. The van der Waals surface area contributed by atoms with E-state index in [2.05, 4.69) is 41.4 Å². The highest BCUT2D eigenvalue weighted by Gasteiger charge is 1.99. The minimum Gasteiger partial charge on any atom is -0.383 e. The molecule has 2 N–H and O–H groups in total. The molecule has 5 nitrogen and oxygen atoms in total. The monoisotopic (exact) mass is 244 g/mol. The van der Waals surface area contributed by atoms with Crippen molar-refractivity contribution >= 4 is 5.96 Å². The predicted octanol–water partition coefficient (Wildman–Crippen LogP) is 0.530. The summed E-state index contributed by atoms with van der Waals surface area (Å²) in [5.74, 6) is 0.912. The number of hydrogen-bond donors (Lipinski definition) is 2. The Balaban J connectivity index is 3.73. The highest BCUT2D eigenvalue weighted by Crippen LogP contribution is 1.82. The smallest absolute Gasteiger partial charge is 0.191 e. The maximum Gasteiger partial charge on any atom is 0.191 e. The normalized spacial score (nSPS) is 11.9. The van der Waals surface area contributed by atoms with E-state index in [9.17, 15) is 0 Å². The molecule has 0 aliphatic heterocycles. The molecule has 0 fully saturated rings. The first-order chi connectivity index (χ1) is 8.24. The molecule has 102 valence electrons. The van der Waals surface area contributed by atoms with Crippen molar-refractivity contribution in [1.29, 1.82) is 0 Å². The van der Waals surface area contributed by atoms with Gasteiger partial charge in [-0.1, -0.05) is 6.92 Å². The Kier molecular flexibility index (Phi) is 11.1. The third kappa shape index (κ3) is 10.1. The van der Waals surface area contributed by atoms with Crippen molar-refractivity contribution < 1.29 is 4.74 Å². The third-order valence-corrected chi connectivity index (χ3v) is 2.30. The minimum atomic E-state index is 0.778. The van der Waals surface area contributed by atoms with E-state index in [1.807, 2.05) is 0 Å². The molecule has 0 heterocycles. The number of nitrogens with zero attached hydrogens (tertiary/aromatic N) is 2. The molecular formula is C12H28N4O. The van der Waals surface area contributed by atoms with Gasteiger partial charge in [0.05, 0.1) is 6.61 Å². The van der Waals surface area contributed by atoms with Gasteiger partial charge in [-0.25, -0.2) is 0 Å². The van der Waals surface area contributed by atoms with Crippen molar-refractivity contribution in [3.63, 3.8) is 0 Å². The van der Waals surface area contributed by atoms with Crippen LogP contribution in [0, 0.1) is 0 Å². The molecule has 0 saturated heterocycles. The Labute approximate surface area is 106 Å². The molecule has 0 aliphatic rings. The molecule has 0 saturated carbocycles. The standard InChI is InChI=1S/C12H28N4O/c1-5-7-14-12(13-6-2)15-8-9-16(3)10-11-17-4/h5-11H2,1-4H3,(H2,13,14,15). The Morgan fingerprint density at radius 1 is 1.24 bits per heavy atom. The average molecular weight is 244 g/mol. The number of hydrogen-bond acceptors (Lipinski definition) is 3. The Morgan fingerprint density at radius 3 is 2.59 bits per heavy atom. The van der Waals surface area contributed by atoms with Crippen molar-refractivity contribution in [1.82, 2.24) is 15.5 Å². The van der Waals surface area contributed by atoms with Gasteiger partial charge in [-0.05, 0) is 20.4 Å². The summed E-state index contributed by atoms with van der Waals surface area (Å²) < 4.78 is 5.03. The molecule has 0 spiro atoms. The van der Waals surface area contributed by atoms with Crippen LogP contribution in [-0.2, 0) is 4.74 Å². The van der Waals surface area contributed by atoms with E-state index in [1.165, 1.54) is 0 Å². The summed E-state index contributed by atoms with van der Waals surface area (Å²) in [5.41, 5.74) is 0. The van der Waals surface area contributed by atoms with Gasteiger partial charge in [0.1, 0.15) is 0 Å². The van der Waals surface area contributed by atoms with E-state index >= 15 is 0 Å². The molecule has 0 aromatic rings. The molecule has 0 rings (SSSR count). The topological polar surface area (TPSA) is 48.9 Å². The fraction of sp³-hybridized carbons (Fsp3) is 0.917. The zero-order chi connectivity index (χ0) is 12.9. The second kappa shape index (κ2) is 11.7. The number of guanidine groups is 1. The van der Waals surface area contributed by atoms with Crippen LogP contribution in [0.15, 0.2) is 4.99 Å². The Bertz CT molecular complexity index is 197. The number of ether oxygens (including phenoxy) is 1. The van der Waals surface area contributed by atoms with Gasteiger partial charge in [0.2, 0.25) is 0 Å². The lowest BCUT2D eigenvalue weighted by molar-refractivity contribution is 0.162. The summed E-state index contributed by atoms with van der Waals surface area (Å²) in [5, 5.41) is 6.55. The van der Waals surface area contributed by atoms with E-state index < -0.39 is 0 Å². The first-order valence-corrected chi connectivity index (χ1v) is 6.44. The first kappa shape index (κ1) is 16.2. The van der Waals surface area contributed by atoms with Crippen molar-refractivity contribution in [2.75, 3.05) is 53.5 Å². The van der Waals surface area contributed by atoms with Crippen LogP contribution in [0.2, 0.25) is 0 Å². The number of methoxy groups -OCH3 is 1. The summed E-state index contributed by atoms with van der Waals surface area (Å²) in [6.07, 6.45) is 1.07. The van der Waals surface area contributed by atoms with E-state index in [-0.39, 0.29) is 0 Å². The van der Waals surface area contributed by atoms with Crippen LogP contribution < -0.4 is 10.6 Å². The minimum absolute atomic E-state index is 0.778. The molecular weight excluding hydrogens is 216 g/mol. The van der Waals surface area contributed by atoms with Crippen LogP contribution >= 0.6 is 0 Å². The van der Waals surface area contributed by atoms with Gasteiger partial charge in [0.15, 0.2) is 5.96 Å².